The minimum Gasteiger partial charge on any atom is -0.490 e. The standard InChI is InChI=1S/C50H62N4O7/c1-4-24-54(49(57)51-33-38-29-37-19-10-11-21-43(37)52-38)46-32-44(53-60-34-35-16-8-7-9-17-35)41-30-36(18-12-14-25-55)40(20-13-15-26-56)47-42-31-39(58-27-5-2)22-23-45(42)61-50(46,48(41)47)59-28-6-3/h5-11,16-17,19,21-23,29-31,36,40,46-48,52,55-56H,2-4,12-15,18,20,24-28,32-34H2,1H3,(H,51,57). The predicted molar refractivity (Wildman–Crippen MR) is 239 cm³/mol. The number of allylic oxidation sites excluding steroid dienone is 1. The number of rotatable bonds is 22. The van der Waals surface area contributed by atoms with Gasteiger partial charge in [-0.05, 0) is 90.8 Å². The monoisotopic (exact) mass is 830 g/mol. The van der Waals surface area contributed by atoms with Gasteiger partial charge in [-0.1, -0.05) is 98.3 Å². The number of carbonyl (C=O) groups is 1. The zero-order valence-corrected chi connectivity index (χ0v) is 35.5. The second-order valence-electron chi connectivity index (χ2n) is 16.4. The van der Waals surface area contributed by atoms with Crippen molar-refractivity contribution in [2.24, 2.45) is 22.9 Å². The van der Waals surface area contributed by atoms with Crippen LogP contribution in [-0.4, -0.2) is 76.6 Å². The van der Waals surface area contributed by atoms with E-state index in [1.807, 2.05) is 65.6 Å². The summed E-state index contributed by atoms with van der Waals surface area (Å²) >= 11 is 0. The third kappa shape index (κ3) is 9.75. The Labute approximate surface area is 360 Å². The maximum atomic E-state index is 14.8. The molecule has 0 radical (unpaired) electrons. The number of fused-ring (bicyclic) bond motifs is 3. The smallest absolute Gasteiger partial charge is 0.318 e. The number of unbranched alkanes of at least 4 members (excludes halogenated alkanes) is 2. The molecule has 61 heavy (non-hydrogen) atoms. The van der Waals surface area contributed by atoms with Gasteiger partial charge in [0.05, 0.1) is 24.8 Å². The van der Waals surface area contributed by atoms with Gasteiger partial charge in [0.2, 0.25) is 5.79 Å². The van der Waals surface area contributed by atoms with Crippen molar-refractivity contribution in [1.29, 1.82) is 0 Å². The van der Waals surface area contributed by atoms with Crippen LogP contribution < -0.4 is 14.8 Å². The number of aromatic amines is 1. The number of carbonyl (C=O) groups excluding carboxylic acids is 1. The van der Waals surface area contributed by atoms with E-state index < -0.39 is 17.7 Å². The van der Waals surface area contributed by atoms with Crippen LogP contribution in [0.2, 0.25) is 0 Å². The first-order chi connectivity index (χ1) is 29.9. The number of nitrogens with zero attached hydrogens (tertiary/aromatic N) is 2. The normalized spacial score (nSPS) is 23.3. The molecule has 6 atom stereocenters. The lowest BCUT2D eigenvalue weighted by atomic mass is 9.55. The van der Waals surface area contributed by atoms with Crippen molar-refractivity contribution in [3.05, 3.63) is 133 Å². The van der Waals surface area contributed by atoms with Crippen molar-refractivity contribution in [2.75, 3.05) is 33.0 Å². The molecular weight excluding hydrogens is 769 g/mol. The van der Waals surface area contributed by atoms with E-state index in [-0.39, 0.29) is 50.2 Å². The first-order valence-electron chi connectivity index (χ1n) is 22.0. The highest BCUT2D eigenvalue weighted by atomic mass is 16.7. The number of amides is 2. The van der Waals surface area contributed by atoms with Gasteiger partial charge in [0.25, 0.3) is 0 Å². The number of urea groups is 1. The summed E-state index contributed by atoms with van der Waals surface area (Å²) in [4.78, 5) is 26.4. The molecule has 11 nitrogen and oxygen atoms in total. The molecule has 2 aliphatic carbocycles. The van der Waals surface area contributed by atoms with Crippen molar-refractivity contribution in [3.63, 3.8) is 0 Å². The maximum absolute atomic E-state index is 14.8. The third-order valence-electron chi connectivity index (χ3n) is 12.4. The Morgan fingerprint density at radius 1 is 0.984 bits per heavy atom. The molecule has 4 aromatic rings. The summed E-state index contributed by atoms with van der Waals surface area (Å²) in [5.41, 5.74) is 5.66. The van der Waals surface area contributed by atoms with Gasteiger partial charge in [-0.3, -0.25) is 0 Å². The van der Waals surface area contributed by atoms with Gasteiger partial charge in [-0.15, -0.1) is 6.58 Å². The molecule has 0 spiro atoms. The summed E-state index contributed by atoms with van der Waals surface area (Å²) in [6, 6.07) is 25.2. The molecule has 11 heteroatoms. The highest BCUT2D eigenvalue weighted by Crippen LogP contribution is 2.62. The van der Waals surface area contributed by atoms with Crippen molar-refractivity contribution < 1.29 is 34.1 Å². The van der Waals surface area contributed by atoms with Gasteiger partial charge in [0.15, 0.2) is 0 Å². The lowest BCUT2D eigenvalue weighted by Crippen LogP contribution is -2.70. The Kier molecular flexibility index (Phi) is 15.0. The molecule has 0 bridgehead atoms. The minimum atomic E-state index is -1.35. The Bertz CT molecular complexity index is 2120. The third-order valence-corrected chi connectivity index (χ3v) is 12.4. The summed E-state index contributed by atoms with van der Waals surface area (Å²) in [6.07, 6.45) is 11.6. The van der Waals surface area contributed by atoms with Gasteiger partial charge >= 0.3 is 6.03 Å². The number of H-pyrrole nitrogens is 1. The lowest BCUT2D eigenvalue weighted by Gasteiger charge is -2.60. The highest BCUT2D eigenvalue weighted by molar-refractivity contribution is 6.03. The number of nitrogens with one attached hydrogen (secondary N) is 2. The molecule has 3 aromatic carbocycles. The van der Waals surface area contributed by atoms with Crippen LogP contribution in [0.5, 0.6) is 11.5 Å². The summed E-state index contributed by atoms with van der Waals surface area (Å²) in [7, 11) is 0. The predicted octanol–water partition coefficient (Wildman–Crippen LogP) is 9.19. The summed E-state index contributed by atoms with van der Waals surface area (Å²) in [5, 5.41) is 29.1. The number of oxime groups is 1. The van der Waals surface area contributed by atoms with Crippen LogP contribution >= 0.6 is 0 Å². The van der Waals surface area contributed by atoms with E-state index in [9.17, 15) is 15.0 Å². The molecule has 4 N–H and O–H groups in total. The largest absolute Gasteiger partial charge is 0.490 e. The molecule has 2 amide bonds. The molecule has 1 saturated carbocycles. The molecule has 1 aliphatic heterocycles. The van der Waals surface area contributed by atoms with Crippen molar-refractivity contribution >= 4 is 22.6 Å². The first kappa shape index (κ1) is 43.7. The van der Waals surface area contributed by atoms with Crippen LogP contribution in [0.3, 0.4) is 0 Å². The van der Waals surface area contributed by atoms with Crippen LogP contribution in [0.25, 0.3) is 10.9 Å². The fourth-order valence-electron chi connectivity index (χ4n) is 9.79. The fourth-order valence-corrected chi connectivity index (χ4v) is 9.79. The molecule has 3 aliphatic rings. The average Bonchev–Trinajstić information content (AvgIpc) is 3.71. The Morgan fingerprint density at radius 3 is 2.51 bits per heavy atom. The van der Waals surface area contributed by atoms with Crippen molar-refractivity contribution in [3.8, 4) is 11.5 Å². The SMILES string of the molecule is C=CCOc1ccc2c(c1)C1C(CCCCO)C(CCCCO)C=C3C(=NOCc4ccccc4)CC(N(CCC)C(=O)NCc4cc5ccccc5[nH]4)C(OCC=C)(O2)C31. The van der Waals surface area contributed by atoms with E-state index >= 15 is 0 Å². The van der Waals surface area contributed by atoms with Gasteiger partial charge in [0, 0.05) is 48.9 Å². The lowest BCUT2D eigenvalue weighted by molar-refractivity contribution is -0.254. The highest BCUT2D eigenvalue weighted by Gasteiger charge is 2.65. The van der Waals surface area contributed by atoms with Gasteiger partial charge in [-0.2, -0.15) is 0 Å². The molecule has 2 heterocycles. The number of para-hydroxylation sites is 1. The van der Waals surface area contributed by atoms with Crippen LogP contribution in [0.1, 0.15) is 81.0 Å². The van der Waals surface area contributed by atoms with E-state index in [0.717, 1.165) is 64.7 Å². The van der Waals surface area contributed by atoms with Gasteiger partial charge in [0.1, 0.15) is 30.8 Å². The van der Waals surface area contributed by atoms with Crippen LogP contribution in [0, 0.1) is 17.8 Å². The fraction of sp³-hybridized carbons (Fsp3) is 0.440. The number of ether oxygens (including phenoxy) is 3. The van der Waals surface area contributed by atoms with Crippen molar-refractivity contribution in [2.45, 2.75) is 89.2 Å². The number of benzene rings is 3. The zero-order chi connectivity index (χ0) is 42.6. The van der Waals surface area contributed by atoms with Crippen molar-refractivity contribution in [1.82, 2.24) is 15.2 Å². The molecule has 7 rings (SSSR count). The second kappa shape index (κ2) is 20.9. The van der Waals surface area contributed by atoms with Crippen LogP contribution in [-0.2, 0) is 22.7 Å². The van der Waals surface area contributed by atoms with E-state index in [2.05, 4.69) is 54.7 Å². The molecule has 1 fully saturated rings. The number of aromatic nitrogens is 1. The summed E-state index contributed by atoms with van der Waals surface area (Å²) in [5.74, 6) is -0.313. The first-order valence-corrected chi connectivity index (χ1v) is 22.0. The van der Waals surface area contributed by atoms with Crippen LogP contribution in [0.15, 0.2) is 121 Å². The van der Waals surface area contributed by atoms with E-state index in [1.165, 1.54) is 0 Å². The Balaban J connectivity index is 1.38. The molecule has 0 saturated heterocycles. The van der Waals surface area contributed by atoms with E-state index in [4.69, 9.17) is 24.2 Å². The van der Waals surface area contributed by atoms with Crippen LogP contribution in [0.4, 0.5) is 4.79 Å². The average molecular weight is 831 g/mol. The number of hydrogen-bond donors (Lipinski definition) is 4. The quantitative estimate of drug-likeness (QED) is 0.0352. The topological polar surface area (TPSA) is 138 Å². The minimum absolute atomic E-state index is 0.101. The zero-order valence-electron chi connectivity index (χ0n) is 35.5. The van der Waals surface area contributed by atoms with Gasteiger partial charge in [-0.25, -0.2) is 4.79 Å². The molecule has 1 aromatic heterocycles. The maximum Gasteiger partial charge on any atom is 0.318 e. The second-order valence-corrected chi connectivity index (χ2v) is 16.4. The molecular formula is C50H62N4O7. The summed E-state index contributed by atoms with van der Waals surface area (Å²) < 4.78 is 20.6. The number of aliphatic hydroxyl groups is 2. The number of aliphatic hydroxyl groups excluding tert-OH is 2. The van der Waals surface area contributed by atoms with E-state index in [1.54, 1.807) is 12.2 Å². The summed E-state index contributed by atoms with van der Waals surface area (Å²) in [6.45, 7) is 11.8. The number of hydrogen-bond acceptors (Lipinski definition) is 8. The molecule has 6 unspecified atom stereocenters. The Morgan fingerprint density at radius 2 is 1.75 bits per heavy atom. The molecule has 324 valence electrons. The Hall–Kier alpha value is -5.36. The van der Waals surface area contributed by atoms with E-state index in [0.29, 0.717) is 56.9 Å². The van der Waals surface area contributed by atoms with Gasteiger partial charge < -0.3 is 44.5 Å².